The fourth-order valence-electron chi connectivity index (χ4n) is 0.900. The molecule has 1 atom stereocenters. The van der Waals surface area contributed by atoms with Gasteiger partial charge in [-0.1, -0.05) is 53.0 Å². The molecular formula is C8H9BrCl2S. The first-order valence-electron chi connectivity index (χ1n) is 3.61. The molecule has 0 bridgehead atoms. The van der Waals surface area contributed by atoms with Crippen molar-refractivity contribution in [2.24, 2.45) is 5.92 Å². The maximum atomic E-state index is 5.99. The molecule has 1 unspecified atom stereocenters. The molecule has 0 aromatic carbocycles. The summed E-state index contributed by atoms with van der Waals surface area (Å²) in [5.74, 6) is 0.521. The highest BCUT2D eigenvalue weighted by Gasteiger charge is 2.17. The molecule has 4 heteroatoms. The van der Waals surface area contributed by atoms with Crippen molar-refractivity contribution in [1.82, 2.24) is 0 Å². The van der Waals surface area contributed by atoms with Crippen LogP contribution in [0.15, 0.2) is 6.07 Å². The number of thiophene rings is 1. The van der Waals surface area contributed by atoms with E-state index in [2.05, 4.69) is 29.8 Å². The van der Waals surface area contributed by atoms with E-state index in [0.717, 1.165) is 14.2 Å². The summed E-state index contributed by atoms with van der Waals surface area (Å²) in [6.45, 7) is 4.28. The van der Waals surface area contributed by atoms with Crippen LogP contribution < -0.4 is 0 Å². The number of hydrogen-bond acceptors (Lipinski definition) is 1. The third kappa shape index (κ3) is 2.38. The molecule has 0 saturated heterocycles. The normalized spacial score (nSPS) is 13.8. The second-order valence-electron chi connectivity index (χ2n) is 2.93. The predicted molar refractivity (Wildman–Crippen MR) is 60.8 cm³/mol. The Morgan fingerprint density at radius 3 is 2.33 bits per heavy atom. The van der Waals surface area contributed by atoms with Crippen LogP contribution in [-0.4, -0.2) is 0 Å². The zero-order chi connectivity index (χ0) is 9.30. The van der Waals surface area contributed by atoms with Crippen LogP contribution in [0.1, 0.15) is 24.2 Å². The second-order valence-corrected chi connectivity index (χ2v) is 6.20. The zero-order valence-electron chi connectivity index (χ0n) is 6.77. The van der Waals surface area contributed by atoms with Crippen LogP contribution in [0.25, 0.3) is 0 Å². The summed E-state index contributed by atoms with van der Waals surface area (Å²) in [6.07, 6.45) is 0. The highest BCUT2D eigenvalue weighted by molar-refractivity contribution is 9.09. The van der Waals surface area contributed by atoms with E-state index >= 15 is 0 Å². The largest absolute Gasteiger partial charge is 0.111 e. The Kier molecular flexibility index (Phi) is 3.90. The minimum Gasteiger partial charge on any atom is -0.111 e. The van der Waals surface area contributed by atoms with Crippen molar-refractivity contribution in [2.45, 2.75) is 18.7 Å². The van der Waals surface area contributed by atoms with Gasteiger partial charge in [-0.15, -0.1) is 11.3 Å². The van der Waals surface area contributed by atoms with Crippen molar-refractivity contribution in [2.75, 3.05) is 0 Å². The molecular weight excluding hydrogens is 279 g/mol. The van der Waals surface area contributed by atoms with Crippen LogP contribution in [0.5, 0.6) is 0 Å². The summed E-state index contributed by atoms with van der Waals surface area (Å²) < 4.78 is 1.54. The van der Waals surface area contributed by atoms with Gasteiger partial charge in [0.1, 0.15) is 0 Å². The fourth-order valence-corrected chi connectivity index (χ4v) is 3.09. The van der Waals surface area contributed by atoms with E-state index in [9.17, 15) is 0 Å². The van der Waals surface area contributed by atoms with Gasteiger partial charge < -0.3 is 0 Å². The Morgan fingerprint density at radius 2 is 2.00 bits per heavy atom. The Morgan fingerprint density at radius 1 is 1.42 bits per heavy atom. The molecule has 1 rings (SSSR count). The molecule has 0 nitrogen and oxygen atoms in total. The van der Waals surface area contributed by atoms with Gasteiger partial charge in [0.25, 0.3) is 0 Å². The Labute approximate surface area is 95.0 Å². The lowest BCUT2D eigenvalue weighted by Crippen LogP contribution is -1.96. The molecule has 0 radical (unpaired) electrons. The maximum absolute atomic E-state index is 5.99. The lowest BCUT2D eigenvalue weighted by molar-refractivity contribution is 0.642. The highest BCUT2D eigenvalue weighted by atomic mass is 79.9. The van der Waals surface area contributed by atoms with Gasteiger partial charge >= 0.3 is 0 Å². The van der Waals surface area contributed by atoms with E-state index < -0.39 is 0 Å². The van der Waals surface area contributed by atoms with Crippen LogP contribution in [0.2, 0.25) is 8.67 Å². The first kappa shape index (κ1) is 10.8. The van der Waals surface area contributed by atoms with Crippen LogP contribution in [0.4, 0.5) is 0 Å². The summed E-state index contributed by atoms with van der Waals surface area (Å²) in [4.78, 5) is 0.300. The Hall–Kier alpha value is 0.760. The number of halogens is 3. The Balaban J connectivity index is 2.94. The molecule has 0 aliphatic rings. The maximum Gasteiger partial charge on any atom is 0.0987 e. The van der Waals surface area contributed by atoms with Crippen molar-refractivity contribution in [3.63, 3.8) is 0 Å². The highest BCUT2D eigenvalue weighted by Crippen LogP contribution is 2.41. The third-order valence-corrected chi connectivity index (χ3v) is 4.63. The summed E-state index contributed by atoms with van der Waals surface area (Å²) in [5.41, 5.74) is 1.10. The average molecular weight is 288 g/mol. The molecule has 1 heterocycles. The topological polar surface area (TPSA) is 0 Å². The standard InChI is InChI=1S/C8H9BrCl2S/c1-4(2)7(9)5-3-6(10)12-8(5)11/h3-4,7H,1-2H3. The number of alkyl halides is 1. The molecule has 0 N–H and O–H groups in total. The third-order valence-electron chi connectivity index (χ3n) is 1.57. The molecule has 68 valence electrons. The molecule has 1 aromatic heterocycles. The van der Waals surface area contributed by atoms with Gasteiger partial charge in [0.05, 0.1) is 8.67 Å². The minimum atomic E-state index is 0.300. The second kappa shape index (κ2) is 4.32. The first-order valence-corrected chi connectivity index (χ1v) is 6.10. The lowest BCUT2D eigenvalue weighted by Gasteiger charge is -2.11. The summed E-state index contributed by atoms with van der Waals surface area (Å²) in [6, 6.07) is 1.92. The van der Waals surface area contributed by atoms with Crippen molar-refractivity contribution in [3.05, 3.63) is 20.3 Å². The zero-order valence-corrected chi connectivity index (χ0v) is 10.7. The quantitative estimate of drug-likeness (QED) is 0.660. The summed E-state index contributed by atoms with van der Waals surface area (Å²) in [5, 5.41) is 0. The van der Waals surface area contributed by atoms with E-state index in [1.54, 1.807) is 0 Å². The SMILES string of the molecule is CC(C)C(Br)c1cc(Cl)sc1Cl. The lowest BCUT2D eigenvalue weighted by atomic mass is 10.1. The van der Waals surface area contributed by atoms with E-state index in [-0.39, 0.29) is 0 Å². The molecule has 0 spiro atoms. The van der Waals surface area contributed by atoms with E-state index in [1.807, 2.05) is 6.07 Å². The van der Waals surface area contributed by atoms with Crippen molar-refractivity contribution < 1.29 is 0 Å². The molecule has 0 saturated carbocycles. The van der Waals surface area contributed by atoms with Gasteiger partial charge in [0, 0.05) is 4.83 Å². The van der Waals surface area contributed by atoms with Gasteiger partial charge in [-0.3, -0.25) is 0 Å². The van der Waals surface area contributed by atoms with Gasteiger partial charge in [-0.25, -0.2) is 0 Å². The monoisotopic (exact) mass is 286 g/mol. The predicted octanol–water partition coefficient (Wildman–Crippen LogP) is 5.15. The van der Waals surface area contributed by atoms with Gasteiger partial charge in [-0.05, 0) is 17.5 Å². The molecule has 12 heavy (non-hydrogen) atoms. The van der Waals surface area contributed by atoms with E-state index in [0.29, 0.717) is 10.7 Å². The van der Waals surface area contributed by atoms with Crippen molar-refractivity contribution in [3.8, 4) is 0 Å². The van der Waals surface area contributed by atoms with Gasteiger partial charge in [0.2, 0.25) is 0 Å². The molecule has 0 aliphatic carbocycles. The first-order chi connectivity index (χ1) is 5.52. The Bertz CT molecular complexity index is 270. The van der Waals surface area contributed by atoms with Crippen LogP contribution >= 0.6 is 50.5 Å². The minimum absolute atomic E-state index is 0.300. The van der Waals surface area contributed by atoms with Crippen molar-refractivity contribution in [1.29, 1.82) is 0 Å². The van der Waals surface area contributed by atoms with Crippen LogP contribution in [0, 0.1) is 5.92 Å². The van der Waals surface area contributed by atoms with Gasteiger partial charge in [0.15, 0.2) is 0 Å². The summed E-state index contributed by atoms with van der Waals surface area (Å²) in [7, 11) is 0. The van der Waals surface area contributed by atoms with E-state index in [4.69, 9.17) is 23.2 Å². The number of hydrogen-bond donors (Lipinski definition) is 0. The van der Waals surface area contributed by atoms with Crippen LogP contribution in [0.3, 0.4) is 0 Å². The molecule has 1 aromatic rings. The van der Waals surface area contributed by atoms with E-state index in [1.165, 1.54) is 11.3 Å². The van der Waals surface area contributed by atoms with Crippen molar-refractivity contribution >= 4 is 50.5 Å². The smallest absolute Gasteiger partial charge is 0.0987 e. The van der Waals surface area contributed by atoms with Gasteiger partial charge in [-0.2, -0.15) is 0 Å². The molecule has 0 fully saturated rings. The van der Waals surface area contributed by atoms with Crippen LogP contribution in [-0.2, 0) is 0 Å². The fraction of sp³-hybridized carbons (Fsp3) is 0.500. The number of rotatable bonds is 2. The molecule has 0 aliphatic heterocycles. The average Bonchev–Trinajstić information content (AvgIpc) is 2.28. The molecule has 0 amide bonds. The summed E-state index contributed by atoms with van der Waals surface area (Å²) >= 11 is 16.8.